The minimum Gasteiger partial charge on any atom is -0.311 e. The van der Waals surface area contributed by atoms with Crippen molar-refractivity contribution in [3.05, 3.63) is 11.6 Å². The van der Waals surface area contributed by atoms with Gasteiger partial charge in [-0.15, -0.1) is 10.2 Å². The maximum absolute atomic E-state index is 4.57. The molecule has 4 nitrogen and oxygen atoms in total. The molecule has 1 heterocycles. The first-order chi connectivity index (χ1) is 10.2. The van der Waals surface area contributed by atoms with E-state index in [1.54, 1.807) is 0 Å². The van der Waals surface area contributed by atoms with Crippen molar-refractivity contribution >= 4 is 0 Å². The molecule has 1 aromatic heterocycles. The zero-order chi connectivity index (χ0) is 14.4. The lowest BCUT2D eigenvalue weighted by Crippen LogP contribution is -2.39. The van der Waals surface area contributed by atoms with Gasteiger partial charge in [0.25, 0.3) is 0 Å². The molecule has 3 saturated carbocycles. The summed E-state index contributed by atoms with van der Waals surface area (Å²) >= 11 is 0. The fourth-order valence-electron chi connectivity index (χ4n) is 4.09. The number of nitrogens with zero attached hydrogens (tertiary/aromatic N) is 4. The quantitative estimate of drug-likeness (QED) is 0.831. The van der Waals surface area contributed by atoms with E-state index in [4.69, 9.17) is 0 Å². The van der Waals surface area contributed by atoms with E-state index in [-0.39, 0.29) is 0 Å². The molecule has 3 aliphatic carbocycles. The van der Waals surface area contributed by atoms with Gasteiger partial charge in [-0.25, -0.2) is 0 Å². The SMILES string of the molecule is C[C@H]1CCCC[C@H]1N(C)Cc1nnc(C2CC2)n1C1CC1. The van der Waals surface area contributed by atoms with Gasteiger partial charge in [-0.3, -0.25) is 4.90 Å². The first kappa shape index (κ1) is 13.7. The molecule has 0 amide bonds. The van der Waals surface area contributed by atoms with Crippen molar-refractivity contribution in [1.29, 1.82) is 0 Å². The Labute approximate surface area is 127 Å². The third-order valence-corrected chi connectivity index (χ3v) is 5.67. The van der Waals surface area contributed by atoms with E-state index in [0.717, 1.165) is 18.5 Å². The second-order valence-corrected chi connectivity index (χ2v) is 7.59. The zero-order valence-electron chi connectivity index (χ0n) is 13.5. The van der Waals surface area contributed by atoms with Crippen LogP contribution in [0.5, 0.6) is 0 Å². The van der Waals surface area contributed by atoms with E-state index >= 15 is 0 Å². The van der Waals surface area contributed by atoms with E-state index in [0.29, 0.717) is 12.0 Å². The van der Waals surface area contributed by atoms with E-state index in [2.05, 4.69) is 33.6 Å². The van der Waals surface area contributed by atoms with Gasteiger partial charge < -0.3 is 4.57 Å². The summed E-state index contributed by atoms with van der Waals surface area (Å²) in [7, 11) is 2.29. The molecule has 21 heavy (non-hydrogen) atoms. The highest BCUT2D eigenvalue weighted by Gasteiger charge is 2.36. The molecule has 0 N–H and O–H groups in total. The lowest BCUT2D eigenvalue weighted by Gasteiger charge is -2.36. The summed E-state index contributed by atoms with van der Waals surface area (Å²) < 4.78 is 2.50. The maximum atomic E-state index is 4.57. The average molecular weight is 288 g/mol. The highest BCUT2D eigenvalue weighted by molar-refractivity contribution is 5.12. The van der Waals surface area contributed by atoms with Crippen LogP contribution in [0.4, 0.5) is 0 Å². The minimum absolute atomic E-state index is 0.711. The van der Waals surface area contributed by atoms with Crippen LogP contribution in [-0.2, 0) is 6.54 Å². The third-order valence-electron chi connectivity index (χ3n) is 5.67. The van der Waals surface area contributed by atoms with Crippen molar-refractivity contribution in [2.45, 2.75) is 82.8 Å². The summed E-state index contributed by atoms with van der Waals surface area (Å²) in [6.07, 6.45) is 10.8. The first-order valence-corrected chi connectivity index (χ1v) is 8.88. The fraction of sp³-hybridized carbons (Fsp3) is 0.882. The summed E-state index contributed by atoms with van der Waals surface area (Å²) in [5.41, 5.74) is 0. The van der Waals surface area contributed by atoms with Crippen molar-refractivity contribution in [3.8, 4) is 0 Å². The molecular weight excluding hydrogens is 260 g/mol. The molecule has 116 valence electrons. The number of hydrogen-bond acceptors (Lipinski definition) is 3. The van der Waals surface area contributed by atoms with Gasteiger partial charge in [-0.2, -0.15) is 0 Å². The van der Waals surface area contributed by atoms with Crippen molar-refractivity contribution in [2.75, 3.05) is 7.05 Å². The molecule has 4 heteroatoms. The van der Waals surface area contributed by atoms with Crippen molar-refractivity contribution in [1.82, 2.24) is 19.7 Å². The Hall–Kier alpha value is -0.900. The second kappa shape index (κ2) is 5.38. The van der Waals surface area contributed by atoms with Crippen molar-refractivity contribution < 1.29 is 0 Å². The highest BCUT2D eigenvalue weighted by Crippen LogP contribution is 2.44. The van der Waals surface area contributed by atoms with Crippen LogP contribution >= 0.6 is 0 Å². The Morgan fingerprint density at radius 1 is 1.05 bits per heavy atom. The molecule has 0 aromatic carbocycles. The van der Waals surface area contributed by atoms with Crippen LogP contribution in [0, 0.1) is 5.92 Å². The molecule has 3 fully saturated rings. The fourth-order valence-corrected chi connectivity index (χ4v) is 4.09. The Balaban J connectivity index is 1.51. The molecule has 1 aromatic rings. The molecule has 4 rings (SSSR count). The Bertz CT molecular complexity index is 501. The van der Waals surface area contributed by atoms with Crippen LogP contribution in [0.1, 0.15) is 81.9 Å². The van der Waals surface area contributed by atoms with Gasteiger partial charge in [0.15, 0.2) is 0 Å². The van der Waals surface area contributed by atoms with Gasteiger partial charge in [0.2, 0.25) is 0 Å². The summed E-state index contributed by atoms with van der Waals surface area (Å²) in [5.74, 6) is 4.05. The van der Waals surface area contributed by atoms with Crippen LogP contribution in [0.15, 0.2) is 0 Å². The van der Waals surface area contributed by atoms with Gasteiger partial charge in [-0.05, 0) is 51.5 Å². The standard InChI is InChI=1S/C17H28N4/c1-12-5-3-4-6-15(12)20(2)11-16-18-19-17(13-7-8-13)21(16)14-9-10-14/h12-15H,3-11H2,1-2H3/t12-,15+/m0/s1. The van der Waals surface area contributed by atoms with Crippen LogP contribution in [0.3, 0.4) is 0 Å². The van der Waals surface area contributed by atoms with E-state index in [1.807, 2.05) is 0 Å². The molecule has 0 radical (unpaired) electrons. The number of hydrogen-bond donors (Lipinski definition) is 0. The monoisotopic (exact) mass is 288 g/mol. The largest absolute Gasteiger partial charge is 0.311 e. The maximum Gasteiger partial charge on any atom is 0.147 e. The Morgan fingerprint density at radius 2 is 1.81 bits per heavy atom. The van der Waals surface area contributed by atoms with Crippen LogP contribution in [0.2, 0.25) is 0 Å². The van der Waals surface area contributed by atoms with Crippen LogP contribution < -0.4 is 0 Å². The summed E-state index contributed by atoms with van der Waals surface area (Å²) in [6, 6.07) is 1.44. The highest BCUT2D eigenvalue weighted by atomic mass is 15.3. The molecule has 0 unspecified atom stereocenters. The molecule has 0 spiro atoms. The van der Waals surface area contributed by atoms with E-state index < -0.39 is 0 Å². The van der Waals surface area contributed by atoms with Gasteiger partial charge in [0, 0.05) is 18.0 Å². The number of rotatable bonds is 5. The average Bonchev–Trinajstić information content (AvgIpc) is 3.39. The molecule has 0 saturated heterocycles. The normalized spacial score (nSPS) is 30.0. The second-order valence-electron chi connectivity index (χ2n) is 7.59. The first-order valence-electron chi connectivity index (χ1n) is 8.88. The molecule has 2 atom stereocenters. The molecule has 0 aliphatic heterocycles. The van der Waals surface area contributed by atoms with E-state index in [9.17, 15) is 0 Å². The van der Waals surface area contributed by atoms with Crippen molar-refractivity contribution in [2.24, 2.45) is 5.92 Å². The summed E-state index contributed by atoms with van der Waals surface area (Å²) in [6.45, 7) is 3.40. The van der Waals surface area contributed by atoms with E-state index in [1.165, 1.54) is 63.0 Å². The Kier molecular flexibility index (Phi) is 3.52. The van der Waals surface area contributed by atoms with Gasteiger partial charge in [-0.1, -0.05) is 19.8 Å². The lowest BCUT2D eigenvalue weighted by molar-refractivity contribution is 0.129. The van der Waals surface area contributed by atoms with Crippen LogP contribution in [-0.4, -0.2) is 32.8 Å². The molecule has 0 bridgehead atoms. The van der Waals surface area contributed by atoms with Crippen molar-refractivity contribution in [3.63, 3.8) is 0 Å². The smallest absolute Gasteiger partial charge is 0.147 e. The lowest BCUT2D eigenvalue weighted by atomic mass is 9.85. The Morgan fingerprint density at radius 3 is 2.48 bits per heavy atom. The predicted molar refractivity (Wildman–Crippen MR) is 83.2 cm³/mol. The summed E-state index contributed by atoms with van der Waals surface area (Å²) in [5, 5.41) is 9.11. The number of aromatic nitrogens is 3. The van der Waals surface area contributed by atoms with Crippen LogP contribution in [0.25, 0.3) is 0 Å². The van der Waals surface area contributed by atoms with Gasteiger partial charge in [0.05, 0.1) is 6.54 Å². The van der Waals surface area contributed by atoms with Gasteiger partial charge >= 0.3 is 0 Å². The molecule has 3 aliphatic rings. The predicted octanol–water partition coefficient (Wildman–Crippen LogP) is 3.50. The summed E-state index contributed by atoms with van der Waals surface area (Å²) in [4.78, 5) is 2.55. The molecular formula is C17H28N4. The van der Waals surface area contributed by atoms with Gasteiger partial charge in [0.1, 0.15) is 11.6 Å². The topological polar surface area (TPSA) is 34.0 Å². The third kappa shape index (κ3) is 2.75. The minimum atomic E-state index is 0.711. The zero-order valence-corrected chi connectivity index (χ0v) is 13.5.